The Morgan fingerprint density at radius 3 is 2.42 bits per heavy atom. The van der Waals surface area contributed by atoms with E-state index in [0.29, 0.717) is 12.8 Å². The van der Waals surface area contributed by atoms with Crippen molar-refractivity contribution in [3.63, 3.8) is 0 Å². The minimum absolute atomic E-state index is 0.0830. The number of hydrogen-bond donors (Lipinski definition) is 3. The Balaban J connectivity index is 1.79. The van der Waals surface area contributed by atoms with E-state index in [1.165, 1.54) is 5.56 Å². The van der Waals surface area contributed by atoms with Gasteiger partial charge in [0.15, 0.2) is 0 Å². The van der Waals surface area contributed by atoms with Gasteiger partial charge in [-0.2, -0.15) is 0 Å². The van der Waals surface area contributed by atoms with E-state index >= 15 is 0 Å². The molecule has 3 N–H and O–H groups in total. The number of carbonyl (C=O) groups excluding carboxylic acids is 1. The Labute approximate surface area is 143 Å². The molecule has 0 heterocycles. The molecule has 1 atom stereocenters. The summed E-state index contributed by atoms with van der Waals surface area (Å²) in [5.41, 5.74) is 1.22. The Bertz CT molecular complexity index is 525. The van der Waals surface area contributed by atoms with Crippen LogP contribution in [0.2, 0.25) is 0 Å². The summed E-state index contributed by atoms with van der Waals surface area (Å²) in [5, 5.41) is 15.1. The first-order chi connectivity index (χ1) is 11.6. The summed E-state index contributed by atoms with van der Waals surface area (Å²) in [7, 11) is 0. The van der Waals surface area contributed by atoms with Crippen LogP contribution in [0.15, 0.2) is 30.3 Å². The highest BCUT2D eigenvalue weighted by Crippen LogP contribution is 2.24. The molecule has 0 bridgehead atoms. The molecule has 0 radical (unpaired) electrons. The van der Waals surface area contributed by atoms with Gasteiger partial charge in [-0.25, -0.2) is 4.79 Å². The zero-order valence-corrected chi connectivity index (χ0v) is 14.3. The topological polar surface area (TPSA) is 78.4 Å². The summed E-state index contributed by atoms with van der Waals surface area (Å²) in [6.45, 7) is 2.12. The number of carboxylic acid groups (broad SMARTS) is 1. The molecular weight excluding hydrogens is 304 g/mol. The molecular formula is C19H28N2O3. The van der Waals surface area contributed by atoms with Crippen molar-refractivity contribution in [2.24, 2.45) is 5.92 Å². The summed E-state index contributed by atoms with van der Waals surface area (Å²) in [6.07, 6.45) is 5.54. The maximum absolute atomic E-state index is 12.3. The van der Waals surface area contributed by atoms with E-state index in [9.17, 15) is 9.59 Å². The first-order valence-corrected chi connectivity index (χ1v) is 8.92. The Kier molecular flexibility index (Phi) is 7.09. The first kappa shape index (κ1) is 18.3. The monoisotopic (exact) mass is 332 g/mol. The van der Waals surface area contributed by atoms with Crippen LogP contribution in [0.4, 0.5) is 4.79 Å². The molecule has 1 saturated carbocycles. The van der Waals surface area contributed by atoms with E-state index < -0.39 is 5.97 Å². The van der Waals surface area contributed by atoms with Crippen molar-refractivity contribution in [1.82, 2.24) is 10.6 Å². The van der Waals surface area contributed by atoms with Gasteiger partial charge < -0.3 is 15.7 Å². The third-order valence-electron chi connectivity index (χ3n) is 4.71. The second kappa shape index (κ2) is 9.30. The molecule has 1 aromatic carbocycles. The van der Waals surface area contributed by atoms with Crippen molar-refractivity contribution >= 4 is 12.0 Å². The zero-order valence-electron chi connectivity index (χ0n) is 14.3. The highest BCUT2D eigenvalue weighted by Gasteiger charge is 2.27. The maximum atomic E-state index is 12.3. The number of aliphatic carboxylic acids is 1. The lowest BCUT2D eigenvalue weighted by molar-refractivity contribution is -0.142. The molecule has 1 aliphatic carbocycles. The van der Waals surface area contributed by atoms with Gasteiger partial charge in [-0.1, -0.05) is 43.7 Å². The van der Waals surface area contributed by atoms with Gasteiger partial charge in [0, 0.05) is 12.1 Å². The number of urea groups is 1. The fourth-order valence-corrected chi connectivity index (χ4v) is 3.37. The Morgan fingerprint density at radius 2 is 1.83 bits per heavy atom. The summed E-state index contributed by atoms with van der Waals surface area (Å²) in [6, 6.07) is 10.2. The third kappa shape index (κ3) is 5.87. The number of benzene rings is 1. The molecule has 1 unspecified atom stereocenters. The van der Waals surface area contributed by atoms with Gasteiger partial charge in [0.05, 0.1) is 5.92 Å². The molecule has 0 spiro atoms. The normalized spacial score (nSPS) is 21.7. The summed E-state index contributed by atoms with van der Waals surface area (Å²) >= 11 is 0. The number of hydrogen-bond acceptors (Lipinski definition) is 2. The van der Waals surface area contributed by atoms with Gasteiger partial charge in [0.25, 0.3) is 0 Å². The molecule has 5 heteroatoms. The molecule has 1 fully saturated rings. The van der Waals surface area contributed by atoms with Crippen LogP contribution in [0, 0.1) is 5.92 Å². The van der Waals surface area contributed by atoms with Crippen LogP contribution in [0.3, 0.4) is 0 Å². The van der Waals surface area contributed by atoms with E-state index in [4.69, 9.17) is 5.11 Å². The van der Waals surface area contributed by atoms with Gasteiger partial charge >= 0.3 is 12.0 Å². The molecule has 2 rings (SSSR count). The predicted molar refractivity (Wildman–Crippen MR) is 93.9 cm³/mol. The van der Waals surface area contributed by atoms with Gasteiger partial charge in [0.2, 0.25) is 0 Å². The molecule has 0 aliphatic heterocycles. The van der Waals surface area contributed by atoms with Crippen molar-refractivity contribution in [3.05, 3.63) is 35.9 Å². The second-order valence-electron chi connectivity index (χ2n) is 6.68. The van der Waals surface area contributed by atoms with Gasteiger partial charge in [-0.3, -0.25) is 4.79 Å². The van der Waals surface area contributed by atoms with Crippen molar-refractivity contribution < 1.29 is 14.7 Å². The molecule has 1 aromatic rings. The highest BCUT2D eigenvalue weighted by atomic mass is 16.4. The summed E-state index contributed by atoms with van der Waals surface area (Å²) in [4.78, 5) is 23.2. The van der Waals surface area contributed by atoms with Crippen LogP contribution >= 0.6 is 0 Å². The SMILES string of the molecule is CCCC(Cc1ccccc1)NC(=O)NC1CCC(C(=O)O)CC1. The van der Waals surface area contributed by atoms with E-state index in [2.05, 4.69) is 29.7 Å². The largest absolute Gasteiger partial charge is 0.481 e. The molecule has 0 saturated heterocycles. The lowest BCUT2D eigenvalue weighted by atomic mass is 9.86. The average molecular weight is 332 g/mol. The lowest BCUT2D eigenvalue weighted by Crippen LogP contribution is -2.48. The number of nitrogens with one attached hydrogen (secondary N) is 2. The first-order valence-electron chi connectivity index (χ1n) is 8.92. The predicted octanol–water partition coefficient (Wildman–Crippen LogP) is 3.34. The minimum Gasteiger partial charge on any atom is -0.481 e. The Morgan fingerprint density at radius 1 is 1.17 bits per heavy atom. The summed E-state index contributed by atoms with van der Waals surface area (Å²) < 4.78 is 0. The number of carboxylic acids is 1. The summed E-state index contributed by atoms with van der Waals surface area (Å²) in [5.74, 6) is -0.971. The number of amides is 2. The van der Waals surface area contributed by atoms with Crippen molar-refractivity contribution in [3.8, 4) is 0 Å². The van der Waals surface area contributed by atoms with Gasteiger partial charge in [-0.15, -0.1) is 0 Å². The van der Waals surface area contributed by atoms with Crippen LogP contribution in [-0.4, -0.2) is 29.2 Å². The van der Waals surface area contributed by atoms with Crippen molar-refractivity contribution in [2.75, 3.05) is 0 Å². The van der Waals surface area contributed by atoms with Crippen LogP contribution in [0.25, 0.3) is 0 Å². The Hall–Kier alpha value is -2.04. The lowest BCUT2D eigenvalue weighted by Gasteiger charge is -2.28. The van der Waals surface area contributed by atoms with E-state index in [1.54, 1.807) is 0 Å². The van der Waals surface area contributed by atoms with E-state index in [0.717, 1.165) is 32.1 Å². The average Bonchev–Trinajstić information content (AvgIpc) is 2.56. The van der Waals surface area contributed by atoms with E-state index in [-0.39, 0.29) is 24.0 Å². The van der Waals surface area contributed by atoms with Crippen LogP contribution in [0.1, 0.15) is 51.0 Å². The van der Waals surface area contributed by atoms with Crippen LogP contribution in [-0.2, 0) is 11.2 Å². The third-order valence-corrected chi connectivity index (χ3v) is 4.71. The van der Waals surface area contributed by atoms with Crippen molar-refractivity contribution in [1.29, 1.82) is 0 Å². The van der Waals surface area contributed by atoms with Gasteiger partial charge in [0.1, 0.15) is 0 Å². The highest BCUT2D eigenvalue weighted by molar-refractivity contribution is 5.74. The second-order valence-corrected chi connectivity index (χ2v) is 6.68. The molecule has 0 aromatic heterocycles. The minimum atomic E-state index is -0.719. The standard InChI is InChI=1S/C19H28N2O3/c1-2-6-17(13-14-7-4-3-5-8-14)21-19(24)20-16-11-9-15(10-12-16)18(22)23/h3-5,7-8,15-17H,2,6,9-13H2,1H3,(H,22,23)(H2,20,21,24). The van der Waals surface area contributed by atoms with Crippen molar-refractivity contribution in [2.45, 2.75) is 64.0 Å². The van der Waals surface area contributed by atoms with Gasteiger partial charge in [-0.05, 0) is 44.1 Å². The fraction of sp³-hybridized carbons (Fsp3) is 0.579. The van der Waals surface area contributed by atoms with Crippen LogP contribution in [0.5, 0.6) is 0 Å². The molecule has 132 valence electrons. The molecule has 5 nitrogen and oxygen atoms in total. The molecule has 2 amide bonds. The maximum Gasteiger partial charge on any atom is 0.315 e. The van der Waals surface area contributed by atoms with Crippen LogP contribution < -0.4 is 10.6 Å². The number of carbonyl (C=O) groups is 2. The smallest absolute Gasteiger partial charge is 0.315 e. The molecule has 1 aliphatic rings. The number of rotatable bonds is 7. The van der Waals surface area contributed by atoms with E-state index in [1.807, 2.05) is 18.2 Å². The fourth-order valence-electron chi connectivity index (χ4n) is 3.37. The zero-order chi connectivity index (χ0) is 17.4. The quantitative estimate of drug-likeness (QED) is 0.716. The molecule has 24 heavy (non-hydrogen) atoms.